The SMILES string of the molecule is NC(=O)C(c1cc2c(N3CCNCC3)cccc2c(-c2ccc(F)cc2)n1)c1c(Cl)cccc1Cl. The first-order chi connectivity index (χ1) is 16.9. The summed E-state index contributed by atoms with van der Waals surface area (Å²) in [7, 11) is 0. The molecule has 3 aromatic carbocycles. The number of aromatic nitrogens is 1. The number of carbonyl (C=O) groups excluding carboxylic acids is 1. The van der Waals surface area contributed by atoms with Crippen LogP contribution >= 0.6 is 23.2 Å². The van der Waals surface area contributed by atoms with Gasteiger partial charge in [0.05, 0.1) is 11.4 Å². The van der Waals surface area contributed by atoms with Crippen molar-refractivity contribution in [2.24, 2.45) is 5.73 Å². The van der Waals surface area contributed by atoms with E-state index in [0.717, 1.165) is 48.2 Å². The van der Waals surface area contributed by atoms with Crippen molar-refractivity contribution in [3.8, 4) is 11.3 Å². The second-order valence-electron chi connectivity index (χ2n) is 8.48. The highest BCUT2D eigenvalue weighted by atomic mass is 35.5. The number of amides is 1. The number of nitrogens with zero attached hydrogens (tertiary/aromatic N) is 2. The Labute approximate surface area is 212 Å². The average Bonchev–Trinajstić information content (AvgIpc) is 2.86. The van der Waals surface area contributed by atoms with Gasteiger partial charge in [-0.05, 0) is 48.5 Å². The number of hydrogen-bond donors (Lipinski definition) is 2. The fraction of sp³-hybridized carbons (Fsp3) is 0.185. The van der Waals surface area contributed by atoms with Crippen molar-refractivity contribution < 1.29 is 9.18 Å². The molecule has 0 saturated carbocycles. The molecule has 3 N–H and O–H groups in total. The number of nitrogens with two attached hydrogens (primary N) is 1. The largest absolute Gasteiger partial charge is 0.369 e. The molecule has 0 aliphatic carbocycles. The Morgan fingerprint density at radius 3 is 2.29 bits per heavy atom. The Morgan fingerprint density at radius 2 is 1.63 bits per heavy atom. The number of rotatable bonds is 5. The van der Waals surface area contributed by atoms with Crippen LogP contribution in [0.25, 0.3) is 22.0 Å². The number of halogens is 3. The molecule has 1 unspecified atom stereocenters. The van der Waals surface area contributed by atoms with E-state index < -0.39 is 11.8 Å². The smallest absolute Gasteiger partial charge is 0.231 e. The molecule has 1 amide bonds. The lowest BCUT2D eigenvalue weighted by Gasteiger charge is -2.31. The summed E-state index contributed by atoms with van der Waals surface area (Å²) in [6.45, 7) is 3.44. The van der Waals surface area contributed by atoms with Gasteiger partial charge in [0.2, 0.25) is 5.91 Å². The van der Waals surface area contributed by atoms with Crippen molar-refractivity contribution in [3.63, 3.8) is 0 Å². The minimum absolute atomic E-state index is 0.335. The molecule has 5 rings (SSSR count). The standard InChI is InChI=1S/C27H23Cl2FN4O/c28-20-4-2-5-21(29)24(20)25(27(31)35)22-15-19-18(26(33-22)16-7-9-17(30)10-8-16)3-1-6-23(19)34-13-11-32-12-14-34/h1-10,15,25,32H,11-14H2,(H2,31,35). The second-order valence-corrected chi connectivity index (χ2v) is 9.30. The minimum atomic E-state index is -0.962. The van der Waals surface area contributed by atoms with Crippen LogP contribution in [-0.2, 0) is 4.79 Å². The van der Waals surface area contributed by atoms with Crippen LogP contribution < -0.4 is 16.0 Å². The molecule has 1 aliphatic heterocycles. The molecule has 1 fully saturated rings. The average molecular weight is 509 g/mol. The first-order valence-corrected chi connectivity index (χ1v) is 12.1. The zero-order valence-corrected chi connectivity index (χ0v) is 20.3. The van der Waals surface area contributed by atoms with Crippen LogP contribution in [0.5, 0.6) is 0 Å². The molecule has 178 valence electrons. The Hall–Kier alpha value is -3.19. The van der Waals surface area contributed by atoms with Crippen LogP contribution in [0.1, 0.15) is 17.2 Å². The van der Waals surface area contributed by atoms with Crippen LogP contribution in [-0.4, -0.2) is 37.1 Å². The number of nitrogens with one attached hydrogen (secondary N) is 1. The third kappa shape index (κ3) is 4.57. The molecule has 0 bridgehead atoms. The van der Waals surface area contributed by atoms with E-state index >= 15 is 0 Å². The quantitative estimate of drug-likeness (QED) is 0.379. The van der Waals surface area contributed by atoms with E-state index in [4.69, 9.17) is 33.9 Å². The van der Waals surface area contributed by atoms with Crippen molar-refractivity contribution in [2.75, 3.05) is 31.1 Å². The Morgan fingerprint density at radius 1 is 0.971 bits per heavy atom. The summed E-state index contributed by atoms with van der Waals surface area (Å²) < 4.78 is 13.7. The molecular weight excluding hydrogens is 486 g/mol. The van der Waals surface area contributed by atoms with Crippen LogP contribution in [0.3, 0.4) is 0 Å². The summed E-state index contributed by atoms with van der Waals surface area (Å²) in [5, 5.41) is 5.86. The molecule has 1 aliphatic rings. The molecular formula is C27H23Cl2FN4O. The number of piperazine rings is 1. The first-order valence-electron chi connectivity index (χ1n) is 11.3. The van der Waals surface area contributed by atoms with E-state index in [1.807, 2.05) is 18.2 Å². The lowest BCUT2D eigenvalue weighted by molar-refractivity contribution is -0.118. The van der Waals surface area contributed by atoms with E-state index in [1.165, 1.54) is 12.1 Å². The maximum Gasteiger partial charge on any atom is 0.231 e. The van der Waals surface area contributed by atoms with Gasteiger partial charge in [-0.25, -0.2) is 4.39 Å². The summed E-state index contributed by atoms with van der Waals surface area (Å²) >= 11 is 13.0. The first kappa shape index (κ1) is 23.5. The van der Waals surface area contributed by atoms with Crippen molar-refractivity contribution in [3.05, 3.63) is 93.8 Å². The van der Waals surface area contributed by atoms with E-state index in [0.29, 0.717) is 27.0 Å². The number of carbonyl (C=O) groups is 1. The van der Waals surface area contributed by atoms with Crippen LogP contribution in [0.4, 0.5) is 10.1 Å². The van der Waals surface area contributed by atoms with Crippen molar-refractivity contribution in [2.45, 2.75) is 5.92 Å². The molecule has 1 atom stereocenters. The minimum Gasteiger partial charge on any atom is -0.369 e. The normalized spacial score (nSPS) is 14.8. The van der Waals surface area contributed by atoms with Gasteiger partial charge >= 0.3 is 0 Å². The molecule has 1 saturated heterocycles. The highest BCUT2D eigenvalue weighted by molar-refractivity contribution is 6.36. The fourth-order valence-electron chi connectivity index (χ4n) is 4.66. The molecule has 5 nitrogen and oxygen atoms in total. The fourth-order valence-corrected chi connectivity index (χ4v) is 5.28. The highest BCUT2D eigenvalue weighted by Crippen LogP contribution is 2.40. The van der Waals surface area contributed by atoms with Crippen molar-refractivity contribution in [1.82, 2.24) is 10.3 Å². The van der Waals surface area contributed by atoms with Gasteiger partial charge in [-0.1, -0.05) is 41.4 Å². The number of fused-ring (bicyclic) bond motifs is 1. The van der Waals surface area contributed by atoms with Gasteiger partial charge < -0.3 is 16.0 Å². The van der Waals surface area contributed by atoms with Crippen LogP contribution in [0, 0.1) is 5.82 Å². The third-order valence-electron chi connectivity index (χ3n) is 6.32. The monoisotopic (exact) mass is 508 g/mol. The molecule has 2 heterocycles. The predicted octanol–water partition coefficient (Wildman–Crippen LogP) is 5.37. The lowest BCUT2D eigenvalue weighted by Crippen LogP contribution is -2.43. The summed E-state index contributed by atoms with van der Waals surface area (Å²) in [4.78, 5) is 20.0. The molecule has 35 heavy (non-hydrogen) atoms. The summed E-state index contributed by atoms with van der Waals surface area (Å²) in [5.41, 5.74) is 9.14. The van der Waals surface area contributed by atoms with Crippen LogP contribution in [0.2, 0.25) is 10.0 Å². The molecule has 0 radical (unpaired) electrons. The number of benzene rings is 3. The van der Waals surface area contributed by atoms with Gasteiger partial charge in [0, 0.05) is 63.8 Å². The van der Waals surface area contributed by atoms with Gasteiger partial charge in [0.1, 0.15) is 11.7 Å². The van der Waals surface area contributed by atoms with Gasteiger partial charge in [-0.3, -0.25) is 9.78 Å². The molecule has 1 aromatic heterocycles. The van der Waals surface area contributed by atoms with E-state index in [-0.39, 0.29) is 5.82 Å². The molecule has 0 spiro atoms. The maximum absolute atomic E-state index is 13.7. The number of primary amides is 1. The van der Waals surface area contributed by atoms with E-state index in [1.54, 1.807) is 30.3 Å². The Kier molecular flexibility index (Phi) is 6.60. The highest BCUT2D eigenvalue weighted by Gasteiger charge is 2.28. The Bertz CT molecular complexity index is 1380. The van der Waals surface area contributed by atoms with Gasteiger partial charge in [-0.2, -0.15) is 0 Å². The molecule has 4 aromatic rings. The van der Waals surface area contributed by atoms with Crippen LogP contribution in [0.15, 0.2) is 66.7 Å². The van der Waals surface area contributed by atoms with Gasteiger partial charge in [-0.15, -0.1) is 0 Å². The summed E-state index contributed by atoms with van der Waals surface area (Å²) in [5.74, 6) is -1.92. The number of pyridine rings is 1. The van der Waals surface area contributed by atoms with E-state index in [9.17, 15) is 9.18 Å². The lowest BCUT2D eigenvalue weighted by atomic mass is 9.91. The van der Waals surface area contributed by atoms with Gasteiger partial charge in [0.15, 0.2) is 0 Å². The summed E-state index contributed by atoms with van der Waals surface area (Å²) in [6, 6.07) is 19.1. The van der Waals surface area contributed by atoms with Gasteiger partial charge in [0.25, 0.3) is 0 Å². The van der Waals surface area contributed by atoms with Crippen molar-refractivity contribution >= 4 is 45.6 Å². The number of anilines is 1. The van der Waals surface area contributed by atoms with Crippen molar-refractivity contribution in [1.29, 1.82) is 0 Å². The maximum atomic E-state index is 13.7. The zero-order chi connectivity index (χ0) is 24.5. The summed E-state index contributed by atoms with van der Waals surface area (Å²) in [6.07, 6.45) is 0. The predicted molar refractivity (Wildman–Crippen MR) is 140 cm³/mol. The third-order valence-corrected chi connectivity index (χ3v) is 6.97. The van der Waals surface area contributed by atoms with E-state index in [2.05, 4.69) is 16.3 Å². The molecule has 8 heteroatoms. The zero-order valence-electron chi connectivity index (χ0n) is 18.8. The second kappa shape index (κ2) is 9.82. The topological polar surface area (TPSA) is 71.2 Å². The number of hydrogen-bond acceptors (Lipinski definition) is 4. The Balaban J connectivity index is 1.80.